The van der Waals surface area contributed by atoms with E-state index in [1.165, 1.54) is 4.90 Å². The van der Waals surface area contributed by atoms with Crippen LogP contribution in [-0.4, -0.2) is 83.1 Å². The third-order valence-corrected chi connectivity index (χ3v) is 9.37. The van der Waals surface area contributed by atoms with Crippen LogP contribution < -0.4 is 9.64 Å². The normalized spacial score (nSPS) is 25.0. The molecule has 0 spiro atoms. The van der Waals surface area contributed by atoms with Gasteiger partial charge in [0.05, 0.1) is 31.0 Å². The topological polar surface area (TPSA) is 66.7 Å². The van der Waals surface area contributed by atoms with E-state index < -0.39 is 0 Å². The number of piperazine rings is 1. The molecule has 2 aromatic carbocycles. The molecule has 7 rings (SSSR count). The lowest BCUT2D eigenvalue weighted by molar-refractivity contribution is -0.144. The molecule has 1 unspecified atom stereocenters. The summed E-state index contributed by atoms with van der Waals surface area (Å²) in [6, 6.07) is 19.0. The SMILES string of the molecule is COc1ccccc1N1CCN(C(=O)[C@@H]2CN3CC[C@@H]2C[C@@H]3Cn2cc(CSc3ccccc3)nn2)CC1. The summed E-state index contributed by atoms with van der Waals surface area (Å²) in [6.07, 6.45) is 4.26. The molecule has 200 valence electrons. The predicted molar refractivity (Wildman–Crippen MR) is 149 cm³/mol. The van der Waals surface area contributed by atoms with E-state index >= 15 is 0 Å². The number of hydrogen-bond donors (Lipinski definition) is 0. The summed E-state index contributed by atoms with van der Waals surface area (Å²) in [5.74, 6) is 2.64. The highest BCUT2D eigenvalue weighted by atomic mass is 32.2. The molecule has 0 radical (unpaired) electrons. The number of methoxy groups -OCH3 is 1. The van der Waals surface area contributed by atoms with E-state index in [4.69, 9.17) is 4.74 Å². The number of aromatic nitrogens is 3. The van der Waals surface area contributed by atoms with Gasteiger partial charge in [0.1, 0.15) is 5.75 Å². The minimum Gasteiger partial charge on any atom is -0.495 e. The summed E-state index contributed by atoms with van der Waals surface area (Å²) in [4.78, 5) is 21.8. The van der Waals surface area contributed by atoms with E-state index in [0.29, 0.717) is 17.9 Å². The first-order chi connectivity index (χ1) is 18.7. The molecule has 4 aliphatic rings. The quantitative estimate of drug-likeness (QED) is 0.411. The number of fused-ring (bicyclic) bond motifs is 3. The van der Waals surface area contributed by atoms with E-state index in [-0.39, 0.29) is 5.92 Å². The maximum Gasteiger partial charge on any atom is 0.227 e. The number of anilines is 1. The van der Waals surface area contributed by atoms with Crippen molar-refractivity contribution in [2.75, 3.05) is 51.3 Å². The van der Waals surface area contributed by atoms with Crippen molar-refractivity contribution in [3.05, 3.63) is 66.5 Å². The number of benzene rings is 2. The maximum atomic E-state index is 13.6. The molecular formula is C29H36N6O2S. The zero-order chi connectivity index (χ0) is 25.9. The number of carbonyl (C=O) groups is 1. The number of piperidine rings is 3. The molecule has 0 aliphatic carbocycles. The van der Waals surface area contributed by atoms with Crippen molar-refractivity contribution < 1.29 is 9.53 Å². The first-order valence-corrected chi connectivity index (χ1v) is 14.6. The number of rotatable bonds is 8. The minimum atomic E-state index is 0.117. The van der Waals surface area contributed by atoms with Crippen LogP contribution in [0.1, 0.15) is 18.5 Å². The number of carbonyl (C=O) groups excluding carboxylic acids is 1. The number of hydrogen-bond acceptors (Lipinski definition) is 7. The van der Waals surface area contributed by atoms with Crippen LogP contribution in [0.3, 0.4) is 0 Å². The minimum absolute atomic E-state index is 0.117. The van der Waals surface area contributed by atoms with Gasteiger partial charge in [-0.05, 0) is 49.6 Å². The fraction of sp³-hybridized carbons (Fsp3) is 0.483. The van der Waals surface area contributed by atoms with Gasteiger partial charge in [0, 0.05) is 55.6 Å². The molecule has 9 heteroatoms. The fourth-order valence-electron chi connectivity index (χ4n) is 6.28. The van der Waals surface area contributed by atoms with E-state index in [1.54, 1.807) is 18.9 Å². The Morgan fingerprint density at radius 1 is 1.03 bits per heavy atom. The Bertz CT molecular complexity index is 1230. The van der Waals surface area contributed by atoms with Gasteiger partial charge in [-0.1, -0.05) is 35.5 Å². The molecule has 4 aliphatic heterocycles. The summed E-state index contributed by atoms with van der Waals surface area (Å²) in [7, 11) is 1.71. The first-order valence-electron chi connectivity index (χ1n) is 13.7. The molecule has 1 aromatic heterocycles. The van der Waals surface area contributed by atoms with E-state index in [0.717, 1.165) is 81.5 Å². The van der Waals surface area contributed by atoms with Gasteiger partial charge in [0.2, 0.25) is 5.91 Å². The summed E-state index contributed by atoms with van der Waals surface area (Å²) >= 11 is 1.78. The van der Waals surface area contributed by atoms with Crippen LogP contribution in [0.2, 0.25) is 0 Å². The molecule has 8 nitrogen and oxygen atoms in total. The predicted octanol–water partition coefficient (Wildman–Crippen LogP) is 3.64. The lowest BCUT2D eigenvalue weighted by atomic mass is 9.75. The van der Waals surface area contributed by atoms with Crippen molar-refractivity contribution in [3.63, 3.8) is 0 Å². The summed E-state index contributed by atoms with van der Waals surface area (Å²) in [6.45, 7) is 6.01. The maximum absolute atomic E-state index is 13.6. The highest BCUT2D eigenvalue weighted by molar-refractivity contribution is 7.98. The van der Waals surface area contributed by atoms with Crippen LogP contribution in [0.5, 0.6) is 5.75 Å². The Morgan fingerprint density at radius 2 is 1.82 bits per heavy atom. The Morgan fingerprint density at radius 3 is 2.58 bits per heavy atom. The van der Waals surface area contributed by atoms with E-state index in [2.05, 4.69) is 61.5 Å². The molecule has 38 heavy (non-hydrogen) atoms. The summed E-state index contributed by atoms with van der Waals surface area (Å²) in [5, 5.41) is 8.82. The van der Waals surface area contributed by atoms with Crippen molar-refractivity contribution in [2.45, 2.75) is 36.1 Å². The zero-order valence-corrected chi connectivity index (χ0v) is 22.8. The second-order valence-corrected chi connectivity index (χ2v) is 11.6. The molecule has 1 amide bonds. The second-order valence-electron chi connectivity index (χ2n) is 10.6. The number of nitrogens with zero attached hydrogens (tertiary/aromatic N) is 6. The second kappa shape index (κ2) is 11.4. The average molecular weight is 533 g/mol. The van der Waals surface area contributed by atoms with Crippen LogP contribution in [0, 0.1) is 11.8 Å². The van der Waals surface area contributed by atoms with Gasteiger partial charge < -0.3 is 14.5 Å². The molecule has 4 fully saturated rings. The summed E-state index contributed by atoms with van der Waals surface area (Å²) in [5.41, 5.74) is 2.12. The van der Waals surface area contributed by atoms with E-state index in [9.17, 15) is 4.79 Å². The third-order valence-electron chi connectivity index (χ3n) is 8.33. The Labute approximate surface area is 228 Å². The molecule has 0 N–H and O–H groups in total. The first kappa shape index (κ1) is 25.2. The smallest absolute Gasteiger partial charge is 0.227 e. The highest BCUT2D eigenvalue weighted by Gasteiger charge is 2.44. The van der Waals surface area contributed by atoms with Gasteiger partial charge in [-0.25, -0.2) is 0 Å². The number of para-hydroxylation sites is 2. The van der Waals surface area contributed by atoms with Gasteiger partial charge in [-0.3, -0.25) is 14.4 Å². The van der Waals surface area contributed by atoms with Gasteiger partial charge >= 0.3 is 0 Å². The molecular weight excluding hydrogens is 496 g/mol. The molecule has 4 atom stereocenters. The van der Waals surface area contributed by atoms with Crippen LogP contribution in [0.4, 0.5) is 5.69 Å². The molecule has 3 aromatic rings. The van der Waals surface area contributed by atoms with Crippen molar-refractivity contribution >= 4 is 23.4 Å². The van der Waals surface area contributed by atoms with Crippen LogP contribution in [-0.2, 0) is 17.1 Å². The molecule has 2 bridgehead atoms. The van der Waals surface area contributed by atoms with Crippen molar-refractivity contribution in [1.29, 1.82) is 0 Å². The van der Waals surface area contributed by atoms with Crippen LogP contribution in [0.25, 0.3) is 0 Å². The number of ether oxygens (including phenoxy) is 1. The number of amides is 1. The molecule has 4 saturated heterocycles. The standard InChI is InChI=1S/C29H36N6O2S/c1-37-28-10-6-5-9-27(28)32-13-15-33(16-14-32)29(36)26-20-34-12-11-22(26)17-24(34)19-35-18-23(30-31-35)21-38-25-7-3-2-4-8-25/h2-10,18,22,24,26H,11-17,19-21H2,1H3/t22-,24-,26-/m1/s1. The zero-order valence-electron chi connectivity index (χ0n) is 22.0. The highest BCUT2D eigenvalue weighted by Crippen LogP contribution is 2.38. The lowest BCUT2D eigenvalue weighted by Gasteiger charge is -2.50. The fourth-order valence-corrected chi connectivity index (χ4v) is 7.08. The monoisotopic (exact) mass is 532 g/mol. The Kier molecular flexibility index (Phi) is 7.56. The largest absolute Gasteiger partial charge is 0.495 e. The van der Waals surface area contributed by atoms with Gasteiger partial charge in [-0.2, -0.15) is 0 Å². The van der Waals surface area contributed by atoms with Crippen LogP contribution in [0.15, 0.2) is 65.7 Å². The lowest BCUT2D eigenvalue weighted by Crippen LogP contribution is -2.60. The Hall–Kier alpha value is -3.04. The average Bonchev–Trinajstić information content (AvgIpc) is 3.44. The summed E-state index contributed by atoms with van der Waals surface area (Å²) < 4.78 is 7.55. The van der Waals surface area contributed by atoms with Crippen molar-refractivity contribution in [3.8, 4) is 5.75 Å². The third kappa shape index (κ3) is 5.40. The Balaban J connectivity index is 1.01. The number of thioether (sulfide) groups is 1. The molecule has 0 saturated carbocycles. The van der Waals surface area contributed by atoms with Crippen molar-refractivity contribution in [1.82, 2.24) is 24.8 Å². The van der Waals surface area contributed by atoms with Gasteiger partial charge in [0.15, 0.2) is 0 Å². The van der Waals surface area contributed by atoms with Gasteiger partial charge in [-0.15, -0.1) is 16.9 Å². The van der Waals surface area contributed by atoms with Crippen LogP contribution >= 0.6 is 11.8 Å². The van der Waals surface area contributed by atoms with Crippen molar-refractivity contribution in [2.24, 2.45) is 11.8 Å². The van der Waals surface area contributed by atoms with E-state index in [1.807, 2.05) is 28.9 Å². The molecule has 5 heterocycles. The van der Waals surface area contributed by atoms with Gasteiger partial charge in [0.25, 0.3) is 0 Å².